The number of hydrogen-bond acceptors (Lipinski definition) is 3. The number of ether oxygens (including phenoxy) is 2. The number of carbonyl (C=O) groups is 1. The fraction of sp³-hybridized carbons (Fsp3) is 0.533. The lowest BCUT2D eigenvalue weighted by atomic mass is 10.1. The Bertz CT molecular complexity index is 449. The summed E-state index contributed by atoms with van der Waals surface area (Å²) in [4.78, 5) is 14.2. The van der Waals surface area contributed by atoms with Crippen molar-refractivity contribution in [3.8, 4) is 11.5 Å². The molecule has 0 saturated heterocycles. The summed E-state index contributed by atoms with van der Waals surface area (Å²) in [5.74, 6) is 1.44. The van der Waals surface area contributed by atoms with Gasteiger partial charge in [0.1, 0.15) is 0 Å². The second kappa shape index (κ2) is 8.15. The Kier molecular flexibility index (Phi) is 6.85. The van der Waals surface area contributed by atoms with Crippen molar-refractivity contribution in [2.24, 2.45) is 0 Å². The number of alkyl halides is 1. The highest BCUT2D eigenvalue weighted by Gasteiger charge is 2.17. The van der Waals surface area contributed by atoms with E-state index in [4.69, 9.17) is 9.47 Å². The van der Waals surface area contributed by atoms with Crippen LogP contribution < -0.4 is 9.47 Å². The van der Waals surface area contributed by atoms with Crippen LogP contribution in [0.4, 0.5) is 0 Å². The normalized spacial score (nSPS) is 10.5. The standard InChI is InChI=1S/C15H22BrNO3/c1-11(2)17(8-7-16)15(18)10-12-5-6-13(19-3)14(9-12)20-4/h5-6,9,11H,7-8,10H2,1-4H3. The molecule has 20 heavy (non-hydrogen) atoms. The second-order valence-electron chi connectivity index (χ2n) is 4.74. The lowest BCUT2D eigenvalue weighted by Crippen LogP contribution is -2.39. The molecule has 0 aliphatic carbocycles. The number of methoxy groups -OCH3 is 2. The molecular formula is C15H22BrNO3. The Labute approximate surface area is 129 Å². The smallest absolute Gasteiger partial charge is 0.227 e. The quantitative estimate of drug-likeness (QED) is 0.714. The molecule has 0 N–H and O–H groups in total. The number of halogens is 1. The zero-order valence-electron chi connectivity index (χ0n) is 12.5. The third-order valence-electron chi connectivity index (χ3n) is 3.07. The van der Waals surface area contributed by atoms with Gasteiger partial charge in [-0.15, -0.1) is 0 Å². The molecule has 0 saturated carbocycles. The Morgan fingerprint density at radius 3 is 2.40 bits per heavy atom. The maximum Gasteiger partial charge on any atom is 0.227 e. The summed E-state index contributed by atoms with van der Waals surface area (Å²) in [5.41, 5.74) is 0.924. The molecule has 1 aromatic carbocycles. The number of rotatable bonds is 7. The van der Waals surface area contributed by atoms with Gasteiger partial charge in [-0.1, -0.05) is 22.0 Å². The van der Waals surface area contributed by atoms with Gasteiger partial charge >= 0.3 is 0 Å². The molecule has 0 atom stereocenters. The van der Waals surface area contributed by atoms with E-state index in [1.54, 1.807) is 14.2 Å². The van der Waals surface area contributed by atoms with Gasteiger partial charge in [0.05, 0.1) is 20.6 Å². The molecule has 0 aromatic heterocycles. The molecule has 1 aromatic rings. The molecule has 0 radical (unpaired) electrons. The van der Waals surface area contributed by atoms with E-state index >= 15 is 0 Å². The molecule has 0 heterocycles. The van der Waals surface area contributed by atoms with Crippen molar-refractivity contribution in [3.05, 3.63) is 23.8 Å². The minimum Gasteiger partial charge on any atom is -0.493 e. The highest BCUT2D eigenvalue weighted by Crippen LogP contribution is 2.27. The highest BCUT2D eigenvalue weighted by atomic mass is 79.9. The zero-order valence-corrected chi connectivity index (χ0v) is 14.1. The first-order valence-electron chi connectivity index (χ1n) is 6.59. The van der Waals surface area contributed by atoms with Gasteiger partial charge in [-0.25, -0.2) is 0 Å². The number of amides is 1. The Balaban J connectivity index is 2.84. The molecule has 1 amide bonds. The average Bonchev–Trinajstić information content (AvgIpc) is 2.43. The number of benzene rings is 1. The summed E-state index contributed by atoms with van der Waals surface area (Å²) in [6.45, 7) is 4.76. The average molecular weight is 344 g/mol. The molecule has 0 aliphatic heterocycles. The van der Waals surface area contributed by atoms with Crippen molar-refractivity contribution in [2.45, 2.75) is 26.3 Å². The van der Waals surface area contributed by atoms with Crippen LogP contribution in [-0.2, 0) is 11.2 Å². The molecule has 112 valence electrons. The van der Waals surface area contributed by atoms with Crippen LogP contribution in [0.25, 0.3) is 0 Å². The van der Waals surface area contributed by atoms with Gasteiger partial charge in [-0.3, -0.25) is 4.79 Å². The summed E-state index contributed by atoms with van der Waals surface area (Å²) >= 11 is 3.38. The third kappa shape index (κ3) is 4.40. The summed E-state index contributed by atoms with van der Waals surface area (Å²) in [7, 11) is 3.19. The van der Waals surface area contributed by atoms with Crippen LogP contribution in [0.1, 0.15) is 19.4 Å². The predicted molar refractivity (Wildman–Crippen MR) is 83.9 cm³/mol. The molecule has 1 rings (SSSR count). The molecule has 0 unspecified atom stereocenters. The van der Waals surface area contributed by atoms with Gasteiger partial charge in [0.2, 0.25) is 5.91 Å². The van der Waals surface area contributed by atoms with Gasteiger partial charge < -0.3 is 14.4 Å². The maximum absolute atomic E-state index is 12.3. The largest absolute Gasteiger partial charge is 0.493 e. The lowest BCUT2D eigenvalue weighted by molar-refractivity contribution is -0.131. The number of carbonyl (C=O) groups excluding carboxylic acids is 1. The summed E-state index contributed by atoms with van der Waals surface area (Å²) in [6, 6.07) is 5.76. The van der Waals surface area contributed by atoms with Crippen LogP contribution in [0.2, 0.25) is 0 Å². The first-order valence-corrected chi connectivity index (χ1v) is 7.72. The van der Waals surface area contributed by atoms with E-state index in [-0.39, 0.29) is 11.9 Å². The number of nitrogens with zero attached hydrogens (tertiary/aromatic N) is 1. The first kappa shape index (κ1) is 16.8. The maximum atomic E-state index is 12.3. The van der Waals surface area contributed by atoms with Gasteiger partial charge in [0, 0.05) is 17.9 Å². The fourth-order valence-electron chi connectivity index (χ4n) is 2.03. The van der Waals surface area contributed by atoms with Crippen molar-refractivity contribution < 1.29 is 14.3 Å². The van der Waals surface area contributed by atoms with Crippen molar-refractivity contribution >= 4 is 21.8 Å². The van der Waals surface area contributed by atoms with Crippen LogP contribution >= 0.6 is 15.9 Å². The minimum atomic E-state index is 0.117. The van der Waals surface area contributed by atoms with Gasteiger partial charge in [-0.05, 0) is 31.5 Å². The second-order valence-corrected chi connectivity index (χ2v) is 5.53. The SMILES string of the molecule is COc1ccc(CC(=O)N(CCBr)C(C)C)cc1OC. The van der Waals surface area contributed by atoms with Gasteiger partial charge in [0.25, 0.3) is 0 Å². The van der Waals surface area contributed by atoms with E-state index in [1.807, 2.05) is 36.9 Å². The van der Waals surface area contributed by atoms with Gasteiger partial charge in [0.15, 0.2) is 11.5 Å². The molecular weight excluding hydrogens is 322 g/mol. The molecule has 4 nitrogen and oxygen atoms in total. The van der Waals surface area contributed by atoms with Crippen LogP contribution in [0.5, 0.6) is 11.5 Å². The van der Waals surface area contributed by atoms with Crippen molar-refractivity contribution in [3.63, 3.8) is 0 Å². The number of hydrogen-bond donors (Lipinski definition) is 0. The van der Waals surface area contributed by atoms with Crippen LogP contribution in [-0.4, -0.2) is 42.9 Å². The zero-order chi connectivity index (χ0) is 15.1. The molecule has 0 bridgehead atoms. The van der Waals surface area contributed by atoms with E-state index in [0.29, 0.717) is 24.5 Å². The summed E-state index contributed by atoms with van der Waals surface area (Å²) < 4.78 is 10.5. The highest BCUT2D eigenvalue weighted by molar-refractivity contribution is 9.09. The molecule has 0 aliphatic rings. The summed E-state index contributed by atoms with van der Waals surface area (Å²) in [5, 5.41) is 0.781. The lowest BCUT2D eigenvalue weighted by Gasteiger charge is -2.26. The van der Waals surface area contributed by atoms with Crippen LogP contribution in [0.15, 0.2) is 18.2 Å². The van der Waals surface area contributed by atoms with E-state index < -0.39 is 0 Å². The van der Waals surface area contributed by atoms with Crippen molar-refractivity contribution in [1.82, 2.24) is 4.90 Å². The molecule has 0 fully saturated rings. The van der Waals surface area contributed by atoms with Crippen molar-refractivity contribution in [2.75, 3.05) is 26.1 Å². The first-order chi connectivity index (χ1) is 9.53. The van der Waals surface area contributed by atoms with E-state index in [9.17, 15) is 4.79 Å². The minimum absolute atomic E-state index is 0.117. The van der Waals surface area contributed by atoms with Crippen molar-refractivity contribution in [1.29, 1.82) is 0 Å². The predicted octanol–water partition coefficient (Wildman–Crippen LogP) is 2.88. The van der Waals surface area contributed by atoms with Crippen LogP contribution in [0.3, 0.4) is 0 Å². The van der Waals surface area contributed by atoms with Crippen LogP contribution in [0, 0.1) is 0 Å². The topological polar surface area (TPSA) is 38.8 Å². The Morgan fingerprint density at radius 1 is 1.25 bits per heavy atom. The third-order valence-corrected chi connectivity index (χ3v) is 3.43. The fourth-order valence-corrected chi connectivity index (χ4v) is 2.41. The Hall–Kier alpha value is -1.23. The van der Waals surface area contributed by atoms with E-state index in [1.165, 1.54) is 0 Å². The van der Waals surface area contributed by atoms with E-state index in [2.05, 4.69) is 15.9 Å². The van der Waals surface area contributed by atoms with E-state index in [0.717, 1.165) is 10.9 Å². The molecule has 5 heteroatoms. The molecule has 0 spiro atoms. The van der Waals surface area contributed by atoms with Gasteiger partial charge in [-0.2, -0.15) is 0 Å². The Morgan fingerprint density at radius 2 is 1.90 bits per heavy atom. The summed E-state index contributed by atoms with van der Waals surface area (Å²) in [6.07, 6.45) is 0.367. The monoisotopic (exact) mass is 343 g/mol.